The molecule has 11 heteroatoms. The maximum atomic E-state index is 12.6. The van der Waals surface area contributed by atoms with Gasteiger partial charge in [0.05, 0.1) is 7.11 Å². The summed E-state index contributed by atoms with van der Waals surface area (Å²) in [5.41, 5.74) is 4.86. The third-order valence-corrected chi connectivity index (χ3v) is 12.0. The van der Waals surface area contributed by atoms with Gasteiger partial charge >= 0.3 is 5.97 Å². The Bertz CT molecular complexity index is 2130. The zero-order valence-electron chi connectivity index (χ0n) is 39.0. The molecule has 6 rings (SSSR count). The van der Waals surface area contributed by atoms with Crippen LogP contribution in [0.2, 0.25) is 0 Å². The monoisotopic (exact) mass is 922 g/mol. The first kappa shape index (κ1) is 54.0. The van der Waals surface area contributed by atoms with Gasteiger partial charge in [0.15, 0.2) is 11.6 Å². The van der Waals surface area contributed by atoms with Crippen LogP contribution in [0.5, 0.6) is 0 Å². The van der Waals surface area contributed by atoms with Crippen molar-refractivity contribution in [1.82, 2.24) is 5.48 Å². The van der Waals surface area contributed by atoms with Gasteiger partial charge in [-0.1, -0.05) is 208 Å². The molecule has 6 aromatic rings. The molecule has 0 fully saturated rings. The topological polar surface area (TPSA) is 196 Å². The normalized spacial score (nSPS) is 11.0. The average molecular weight is 923 g/mol. The highest BCUT2D eigenvalue weighted by Crippen LogP contribution is 2.38. The molecule has 0 saturated heterocycles. The number of ether oxygens (including phenoxy) is 1. The first-order chi connectivity index (χ1) is 33.1. The summed E-state index contributed by atoms with van der Waals surface area (Å²) in [5.74, 6) is 3.17. The number of carbonyl (C=O) groups excluding carboxylic acids is 4. The largest absolute Gasteiger partial charge is 0.469 e. The molecular weight excluding hydrogens is 857 g/mol. The van der Waals surface area contributed by atoms with Crippen LogP contribution in [0.15, 0.2) is 170 Å². The summed E-state index contributed by atoms with van der Waals surface area (Å²) < 4.78 is 4.64. The molecular formula is C57H66N2O9. The number of amides is 1. The Kier molecular flexibility index (Phi) is 23.2. The Balaban J connectivity index is 0.000000286. The summed E-state index contributed by atoms with van der Waals surface area (Å²) >= 11 is 0. The number of hydroxylamine groups is 1. The molecule has 11 nitrogen and oxygen atoms in total. The van der Waals surface area contributed by atoms with Crippen molar-refractivity contribution in [3.8, 4) is 0 Å². The molecule has 0 radical (unpaired) electrons. The molecule has 0 aliphatic carbocycles. The molecule has 0 heterocycles. The van der Waals surface area contributed by atoms with Gasteiger partial charge in [-0.2, -0.15) is 0 Å². The van der Waals surface area contributed by atoms with Crippen molar-refractivity contribution in [3.63, 3.8) is 0 Å². The van der Waals surface area contributed by atoms with Crippen molar-refractivity contribution in [2.75, 3.05) is 7.11 Å². The third kappa shape index (κ3) is 15.8. The SMILES string of the molecule is COC(=O)CCCCCCCC(=O)c1ccc(C(O)(c2ccccc2)c2ccccc2)cc1.NO.O=C(CCCCCCCC(=O)c1ccc(C(O)(c2ccccc2)c2ccccc2)cc1)NO. The second-order valence-electron chi connectivity index (χ2n) is 16.5. The lowest BCUT2D eigenvalue weighted by atomic mass is 9.80. The maximum absolute atomic E-state index is 12.6. The average Bonchev–Trinajstić information content (AvgIpc) is 3.41. The van der Waals surface area contributed by atoms with Gasteiger partial charge in [-0.15, -0.1) is 0 Å². The number of hydrogen-bond donors (Lipinski definition) is 6. The molecule has 0 atom stereocenters. The second-order valence-corrected chi connectivity index (χ2v) is 16.5. The van der Waals surface area contributed by atoms with Crippen molar-refractivity contribution in [2.24, 2.45) is 5.90 Å². The van der Waals surface area contributed by atoms with E-state index in [0.717, 1.165) is 92.0 Å². The van der Waals surface area contributed by atoms with E-state index in [2.05, 4.69) is 10.6 Å². The van der Waals surface area contributed by atoms with Gasteiger partial charge in [0, 0.05) is 36.8 Å². The van der Waals surface area contributed by atoms with Crippen LogP contribution in [0, 0.1) is 0 Å². The summed E-state index contributed by atoms with van der Waals surface area (Å²) in [7, 11) is 1.41. The Morgan fingerprint density at radius 1 is 0.412 bits per heavy atom. The van der Waals surface area contributed by atoms with E-state index in [-0.39, 0.29) is 23.4 Å². The Labute approximate surface area is 400 Å². The smallest absolute Gasteiger partial charge is 0.305 e. The standard InChI is InChI=1S/C29H32O4.C28H31NO4.H3NO/c1-33-28(31)18-12-4-2-3-11-17-27(30)23-19-21-26(22-20-23)29(32,24-13-7-5-8-14-24)25-15-9-6-10-16-25;30-26(16-10-2-1-3-11-17-27(31)29-33)22-18-20-25(21-19-22)28(32,23-12-6-4-7-13-23)24-14-8-5-9-15-24;1-2/h5-10,13-16,19-22,32H,2-4,11-12,17-18H2,1H3;4-9,12-15,18-21,32-33H,1-3,10-11,16-17H2,(H,29,31);2H,1H2. The van der Waals surface area contributed by atoms with Crippen LogP contribution in [-0.4, -0.2) is 51.2 Å². The molecule has 0 aliphatic rings. The van der Waals surface area contributed by atoms with E-state index in [1.807, 2.05) is 158 Å². The zero-order valence-corrected chi connectivity index (χ0v) is 39.0. The van der Waals surface area contributed by atoms with Crippen LogP contribution in [-0.2, 0) is 25.5 Å². The van der Waals surface area contributed by atoms with Crippen LogP contribution >= 0.6 is 0 Å². The fourth-order valence-electron chi connectivity index (χ4n) is 8.15. The van der Waals surface area contributed by atoms with E-state index in [9.17, 15) is 29.4 Å². The number of aliphatic hydroxyl groups is 2. The Morgan fingerprint density at radius 2 is 0.676 bits per heavy atom. The van der Waals surface area contributed by atoms with E-state index in [1.54, 1.807) is 17.6 Å². The molecule has 6 aromatic carbocycles. The van der Waals surface area contributed by atoms with E-state index >= 15 is 0 Å². The van der Waals surface area contributed by atoms with Gasteiger partial charge in [-0.25, -0.2) is 11.4 Å². The molecule has 7 N–H and O–H groups in total. The van der Waals surface area contributed by atoms with Crippen LogP contribution < -0.4 is 11.4 Å². The van der Waals surface area contributed by atoms with E-state index in [0.29, 0.717) is 42.4 Å². The molecule has 0 spiro atoms. The number of hydrogen-bond acceptors (Lipinski definition) is 10. The summed E-state index contributed by atoms with van der Waals surface area (Å²) in [5, 5.41) is 38.6. The summed E-state index contributed by atoms with van der Waals surface area (Å²) in [4.78, 5) is 47.3. The number of rotatable bonds is 24. The predicted octanol–water partition coefficient (Wildman–Crippen LogP) is 10.8. The van der Waals surface area contributed by atoms with E-state index in [4.69, 9.17) is 10.4 Å². The molecule has 0 saturated carbocycles. The Hall–Kier alpha value is -6.60. The van der Waals surface area contributed by atoms with Gasteiger partial charge in [0.2, 0.25) is 5.91 Å². The van der Waals surface area contributed by atoms with Crippen molar-refractivity contribution in [1.29, 1.82) is 0 Å². The molecule has 1 amide bonds. The van der Waals surface area contributed by atoms with Gasteiger partial charge in [0.1, 0.15) is 11.2 Å². The van der Waals surface area contributed by atoms with Crippen molar-refractivity contribution < 1.29 is 44.5 Å². The molecule has 0 aliphatic heterocycles. The maximum Gasteiger partial charge on any atom is 0.305 e. The first-order valence-electron chi connectivity index (χ1n) is 23.3. The molecule has 0 unspecified atom stereocenters. The number of ketones is 2. The highest BCUT2D eigenvalue weighted by Gasteiger charge is 2.35. The van der Waals surface area contributed by atoms with Gasteiger partial charge in [0.25, 0.3) is 0 Å². The minimum absolute atomic E-state index is 0.0872. The number of nitrogens with one attached hydrogen (secondary N) is 1. The number of benzene rings is 6. The quantitative estimate of drug-likeness (QED) is 0.00849. The fraction of sp³-hybridized carbons (Fsp3) is 0.298. The van der Waals surface area contributed by atoms with Crippen LogP contribution in [0.1, 0.15) is 144 Å². The lowest BCUT2D eigenvalue weighted by Gasteiger charge is -2.30. The lowest BCUT2D eigenvalue weighted by Crippen LogP contribution is -2.28. The highest BCUT2D eigenvalue weighted by atomic mass is 16.5. The molecule has 68 heavy (non-hydrogen) atoms. The molecule has 0 aromatic heterocycles. The summed E-state index contributed by atoms with van der Waals surface area (Å²) in [6, 6.07) is 52.8. The van der Waals surface area contributed by atoms with Crippen LogP contribution in [0.25, 0.3) is 0 Å². The third-order valence-electron chi connectivity index (χ3n) is 12.0. The number of methoxy groups -OCH3 is 1. The van der Waals surface area contributed by atoms with Crippen molar-refractivity contribution in [2.45, 2.75) is 101 Å². The number of Topliss-reactive ketones (excluding diaryl/α,β-unsaturated/α-hetero) is 2. The number of esters is 1. The predicted molar refractivity (Wildman–Crippen MR) is 264 cm³/mol. The number of carbonyl (C=O) groups is 4. The minimum atomic E-state index is -1.31. The van der Waals surface area contributed by atoms with Crippen LogP contribution in [0.4, 0.5) is 0 Å². The molecule has 0 bridgehead atoms. The fourth-order valence-corrected chi connectivity index (χ4v) is 8.15. The number of unbranched alkanes of at least 4 members (excludes halogenated alkanes) is 8. The van der Waals surface area contributed by atoms with Crippen molar-refractivity contribution >= 4 is 23.4 Å². The van der Waals surface area contributed by atoms with E-state index in [1.165, 1.54) is 7.11 Å². The number of nitrogens with two attached hydrogens (primary N) is 1. The van der Waals surface area contributed by atoms with Gasteiger partial charge in [-0.3, -0.25) is 24.4 Å². The summed E-state index contributed by atoms with van der Waals surface area (Å²) in [6.45, 7) is 0. The van der Waals surface area contributed by atoms with Crippen LogP contribution in [0.3, 0.4) is 0 Å². The van der Waals surface area contributed by atoms with Crippen molar-refractivity contribution in [3.05, 3.63) is 214 Å². The molecule has 358 valence electrons. The Morgan fingerprint density at radius 3 is 0.971 bits per heavy atom. The lowest BCUT2D eigenvalue weighted by molar-refractivity contribution is -0.140. The summed E-state index contributed by atoms with van der Waals surface area (Å²) in [6.07, 6.45) is 10.6. The zero-order chi connectivity index (χ0) is 49.0. The minimum Gasteiger partial charge on any atom is -0.469 e. The van der Waals surface area contributed by atoms with E-state index < -0.39 is 11.2 Å². The first-order valence-corrected chi connectivity index (χ1v) is 23.3. The highest BCUT2D eigenvalue weighted by molar-refractivity contribution is 5.96. The van der Waals surface area contributed by atoms with Gasteiger partial charge in [-0.05, 0) is 59.1 Å². The van der Waals surface area contributed by atoms with Gasteiger partial charge < -0.3 is 20.2 Å². The second kappa shape index (κ2) is 29.2.